The SMILES string of the molecule is CCOc1ccc(S(=O)(=O)N2CCC(C(=O)c3ccc(C)cc3)CC2)cc1. The van der Waals surface area contributed by atoms with Crippen molar-refractivity contribution in [1.29, 1.82) is 0 Å². The predicted octanol–water partition coefficient (Wildman–Crippen LogP) is 3.68. The summed E-state index contributed by atoms with van der Waals surface area (Å²) in [6, 6.07) is 14.0. The van der Waals surface area contributed by atoms with Gasteiger partial charge in [-0.2, -0.15) is 4.31 Å². The van der Waals surface area contributed by atoms with Gasteiger partial charge in [-0.1, -0.05) is 29.8 Å². The van der Waals surface area contributed by atoms with Crippen LogP contribution in [0.2, 0.25) is 0 Å². The Morgan fingerprint density at radius 1 is 1.04 bits per heavy atom. The van der Waals surface area contributed by atoms with Gasteiger partial charge < -0.3 is 4.74 Å². The van der Waals surface area contributed by atoms with Crippen molar-refractivity contribution in [2.75, 3.05) is 19.7 Å². The first-order valence-corrected chi connectivity index (χ1v) is 10.7. The van der Waals surface area contributed by atoms with Gasteiger partial charge in [-0.25, -0.2) is 8.42 Å². The van der Waals surface area contributed by atoms with Crippen molar-refractivity contribution >= 4 is 15.8 Å². The molecule has 1 heterocycles. The van der Waals surface area contributed by atoms with Crippen molar-refractivity contribution in [3.63, 3.8) is 0 Å². The molecule has 0 spiro atoms. The van der Waals surface area contributed by atoms with Crippen LogP contribution < -0.4 is 4.74 Å². The average Bonchev–Trinajstić information content (AvgIpc) is 2.69. The van der Waals surface area contributed by atoms with Gasteiger partial charge in [0.25, 0.3) is 0 Å². The molecular weight excluding hydrogens is 362 g/mol. The number of ketones is 1. The fraction of sp³-hybridized carbons (Fsp3) is 0.381. The molecule has 0 aliphatic carbocycles. The summed E-state index contributed by atoms with van der Waals surface area (Å²) in [5.74, 6) is 0.631. The zero-order chi connectivity index (χ0) is 19.4. The van der Waals surface area contributed by atoms with E-state index < -0.39 is 10.0 Å². The van der Waals surface area contributed by atoms with Crippen LogP contribution in [0.3, 0.4) is 0 Å². The van der Waals surface area contributed by atoms with E-state index in [9.17, 15) is 13.2 Å². The van der Waals surface area contributed by atoms with Crippen LogP contribution in [-0.2, 0) is 10.0 Å². The molecule has 144 valence electrons. The smallest absolute Gasteiger partial charge is 0.243 e. The van der Waals surface area contributed by atoms with Crippen molar-refractivity contribution < 1.29 is 17.9 Å². The highest BCUT2D eigenvalue weighted by Crippen LogP contribution is 2.27. The van der Waals surface area contributed by atoms with Crippen LogP contribution in [0, 0.1) is 12.8 Å². The average molecular weight is 388 g/mol. The lowest BCUT2D eigenvalue weighted by Gasteiger charge is -2.30. The van der Waals surface area contributed by atoms with Crippen molar-refractivity contribution in [2.24, 2.45) is 5.92 Å². The number of ether oxygens (including phenoxy) is 1. The van der Waals surface area contributed by atoms with E-state index in [1.54, 1.807) is 24.3 Å². The summed E-state index contributed by atoms with van der Waals surface area (Å²) in [7, 11) is -3.55. The zero-order valence-corrected chi connectivity index (χ0v) is 16.5. The van der Waals surface area contributed by atoms with Gasteiger partial charge >= 0.3 is 0 Å². The third-order valence-corrected chi connectivity index (χ3v) is 6.85. The summed E-state index contributed by atoms with van der Waals surface area (Å²) >= 11 is 0. The first-order valence-electron chi connectivity index (χ1n) is 9.25. The van der Waals surface area contributed by atoms with Gasteiger partial charge in [0.2, 0.25) is 10.0 Å². The summed E-state index contributed by atoms with van der Waals surface area (Å²) < 4.78 is 32.5. The molecule has 0 N–H and O–H groups in total. The van der Waals surface area contributed by atoms with Crippen LogP contribution in [0.15, 0.2) is 53.4 Å². The fourth-order valence-electron chi connectivity index (χ4n) is 3.34. The molecule has 2 aromatic carbocycles. The maximum absolute atomic E-state index is 12.8. The van der Waals surface area contributed by atoms with Crippen LogP contribution in [-0.4, -0.2) is 38.2 Å². The minimum absolute atomic E-state index is 0.105. The third kappa shape index (κ3) is 4.39. The second-order valence-corrected chi connectivity index (χ2v) is 8.75. The predicted molar refractivity (Wildman–Crippen MR) is 105 cm³/mol. The summed E-state index contributed by atoms with van der Waals surface area (Å²) in [6.45, 7) is 5.12. The van der Waals surface area contributed by atoms with E-state index in [1.807, 2.05) is 38.1 Å². The van der Waals surface area contributed by atoms with Gasteiger partial charge in [0.15, 0.2) is 5.78 Å². The van der Waals surface area contributed by atoms with Gasteiger partial charge in [0, 0.05) is 24.6 Å². The normalized spacial score (nSPS) is 16.2. The number of aryl methyl sites for hydroxylation is 1. The quantitative estimate of drug-likeness (QED) is 0.710. The number of carbonyl (C=O) groups excluding carboxylic acids is 1. The molecular formula is C21H25NO4S. The highest BCUT2D eigenvalue weighted by molar-refractivity contribution is 7.89. The molecule has 1 aliphatic rings. The number of benzene rings is 2. The Bertz CT molecular complexity index is 881. The van der Waals surface area contributed by atoms with Gasteiger partial charge in [0.05, 0.1) is 11.5 Å². The maximum Gasteiger partial charge on any atom is 0.243 e. The number of hydrogen-bond acceptors (Lipinski definition) is 4. The Kier molecular flexibility index (Phi) is 5.97. The van der Waals surface area contributed by atoms with E-state index in [0.29, 0.717) is 43.9 Å². The Labute approximate surface area is 161 Å². The fourth-order valence-corrected chi connectivity index (χ4v) is 4.81. The number of rotatable bonds is 6. The summed E-state index contributed by atoms with van der Waals surface area (Å²) in [5.41, 5.74) is 1.82. The number of sulfonamides is 1. The Morgan fingerprint density at radius 2 is 1.63 bits per heavy atom. The molecule has 1 aliphatic heterocycles. The summed E-state index contributed by atoms with van der Waals surface area (Å²) in [5, 5.41) is 0. The molecule has 0 bridgehead atoms. The van der Waals surface area contributed by atoms with Crippen LogP contribution >= 0.6 is 0 Å². The van der Waals surface area contributed by atoms with Gasteiger partial charge in [-0.3, -0.25) is 4.79 Å². The molecule has 1 saturated heterocycles. The molecule has 0 amide bonds. The molecule has 0 radical (unpaired) electrons. The molecule has 3 rings (SSSR count). The molecule has 0 saturated carbocycles. The molecule has 6 heteroatoms. The maximum atomic E-state index is 12.8. The monoisotopic (exact) mass is 387 g/mol. The van der Waals surface area contributed by atoms with E-state index in [-0.39, 0.29) is 16.6 Å². The topological polar surface area (TPSA) is 63.7 Å². The second-order valence-electron chi connectivity index (χ2n) is 6.81. The third-order valence-electron chi connectivity index (χ3n) is 4.93. The minimum atomic E-state index is -3.55. The molecule has 0 unspecified atom stereocenters. The van der Waals surface area contributed by atoms with Crippen LogP contribution in [0.4, 0.5) is 0 Å². The Hall–Kier alpha value is -2.18. The first-order chi connectivity index (χ1) is 12.9. The lowest BCUT2D eigenvalue weighted by molar-refractivity contribution is 0.0875. The standard InChI is InChI=1S/C21H25NO4S/c1-3-26-19-8-10-20(11-9-19)27(24,25)22-14-12-18(13-15-22)21(23)17-6-4-16(2)5-7-17/h4-11,18H,3,12-15H2,1-2H3. The van der Waals surface area contributed by atoms with Crippen molar-refractivity contribution in [2.45, 2.75) is 31.6 Å². The van der Waals surface area contributed by atoms with E-state index >= 15 is 0 Å². The first kappa shape index (κ1) is 19.6. The Morgan fingerprint density at radius 3 is 2.19 bits per heavy atom. The second kappa shape index (κ2) is 8.23. The van der Waals surface area contributed by atoms with Gasteiger partial charge in [-0.05, 0) is 51.0 Å². The van der Waals surface area contributed by atoms with Gasteiger partial charge in [-0.15, -0.1) is 0 Å². The number of piperidine rings is 1. The van der Waals surface area contributed by atoms with Crippen LogP contribution in [0.1, 0.15) is 35.7 Å². The van der Waals surface area contributed by atoms with Crippen molar-refractivity contribution in [1.82, 2.24) is 4.31 Å². The van der Waals surface area contributed by atoms with E-state index in [0.717, 1.165) is 5.56 Å². The van der Waals surface area contributed by atoms with Crippen molar-refractivity contribution in [3.05, 3.63) is 59.7 Å². The largest absolute Gasteiger partial charge is 0.494 e. The van der Waals surface area contributed by atoms with Crippen LogP contribution in [0.5, 0.6) is 5.75 Å². The summed E-state index contributed by atoms with van der Waals surface area (Å²) in [6.07, 6.45) is 1.09. The zero-order valence-electron chi connectivity index (χ0n) is 15.7. The number of nitrogens with zero attached hydrogens (tertiary/aromatic N) is 1. The van der Waals surface area contributed by atoms with Crippen molar-refractivity contribution in [3.8, 4) is 5.75 Å². The molecule has 27 heavy (non-hydrogen) atoms. The lowest BCUT2D eigenvalue weighted by atomic mass is 9.89. The number of hydrogen-bond donors (Lipinski definition) is 0. The molecule has 5 nitrogen and oxygen atoms in total. The molecule has 2 aromatic rings. The van der Waals surface area contributed by atoms with E-state index in [4.69, 9.17) is 4.74 Å². The van der Waals surface area contributed by atoms with Crippen LogP contribution in [0.25, 0.3) is 0 Å². The lowest BCUT2D eigenvalue weighted by Crippen LogP contribution is -2.40. The van der Waals surface area contributed by atoms with E-state index in [1.165, 1.54) is 4.31 Å². The molecule has 1 fully saturated rings. The number of carbonyl (C=O) groups is 1. The minimum Gasteiger partial charge on any atom is -0.494 e. The molecule has 0 aromatic heterocycles. The number of Topliss-reactive ketones (excluding diaryl/α,β-unsaturated/α-hetero) is 1. The van der Waals surface area contributed by atoms with Gasteiger partial charge in [0.1, 0.15) is 5.75 Å². The molecule has 0 atom stereocenters. The Balaban J connectivity index is 1.65. The highest BCUT2D eigenvalue weighted by Gasteiger charge is 2.32. The highest BCUT2D eigenvalue weighted by atomic mass is 32.2. The summed E-state index contributed by atoms with van der Waals surface area (Å²) in [4.78, 5) is 12.9. The van der Waals surface area contributed by atoms with E-state index in [2.05, 4.69) is 0 Å².